The molecule has 0 atom stereocenters. The highest BCUT2D eigenvalue weighted by molar-refractivity contribution is 6.42. The van der Waals surface area contributed by atoms with E-state index in [1.54, 1.807) is 6.07 Å². The van der Waals surface area contributed by atoms with E-state index in [2.05, 4.69) is 4.79 Å². The first kappa shape index (κ1) is 7.71. The minimum absolute atomic E-state index is 0.0822. The van der Waals surface area contributed by atoms with Gasteiger partial charge in [-0.05, 0) is 6.07 Å². The lowest BCUT2D eigenvalue weighted by Crippen LogP contribution is -2.25. The fourth-order valence-electron chi connectivity index (χ4n) is 1.32. The van der Waals surface area contributed by atoms with Crippen LogP contribution in [0.4, 0.5) is 0 Å². The molecule has 4 nitrogen and oxygen atoms in total. The highest BCUT2D eigenvalue weighted by atomic mass is 16.5. The molecule has 1 N–H and O–H groups in total. The smallest absolute Gasteiger partial charge is 0.383 e. The zero-order valence-electron chi connectivity index (χ0n) is 6.82. The lowest BCUT2D eigenvalue weighted by molar-refractivity contribution is -0.00377. The first-order valence-electron chi connectivity index (χ1n) is 3.85. The highest BCUT2D eigenvalue weighted by Gasteiger charge is 2.28. The predicted molar refractivity (Wildman–Crippen MR) is 46.7 cm³/mol. The van der Waals surface area contributed by atoms with Gasteiger partial charge in [-0.15, -0.1) is 0 Å². The Hall–Kier alpha value is -1.93. The molecule has 0 fully saturated rings. The molecule has 0 unspecified atom stereocenters. The van der Waals surface area contributed by atoms with Gasteiger partial charge in [0.15, 0.2) is 0 Å². The minimum Gasteiger partial charge on any atom is -0.468 e. The van der Waals surface area contributed by atoms with Crippen LogP contribution in [-0.2, 0) is 11.3 Å². The summed E-state index contributed by atoms with van der Waals surface area (Å²) < 4.78 is 5.00. The normalized spacial score (nSPS) is 14.5. The average Bonchev–Trinajstić information content (AvgIpc) is 2.18. The van der Waals surface area contributed by atoms with E-state index < -0.39 is 0 Å². The third kappa shape index (κ3) is 1.13. The molecule has 64 valence electrons. The summed E-state index contributed by atoms with van der Waals surface area (Å²) in [5, 5.41) is 7.36. The molecule has 1 aromatic rings. The van der Waals surface area contributed by atoms with Gasteiger partial charge in [-0.2, -0.15) is 4.79 Å². The molecule has 0 aromatic heterocycles. The second-order valence-electron chi connectivity index (χ2n) is 2.72. The topological polar surface area (TPSA) is 69.5 Å². The molecule has 1 heterocycles. The van der Waals surface area contributed by atoms with Gasteiger partial charge in [-0.3, -0.25) is 5.41 Å². The van der Waals surface area contributed by atoms with Crippen LogP contribution in [0.3, 0.4) is 0 Å². The quantitative estimate of drug-likeness (QED) is 0.465. The van der Waals surface area contributed by atoms with E-state index in [4.69, 9.17) is 15.7 Å². The van der Waals surface area contributed by atoms with Crippen LogP contribution in [0, 0.1) is 5.41 Å². The zero-order valence-corrected chi connectivity index (χ0v) is 6.82. The van der Waals surface area contributed by atoms with Crippen molar-refractivity contribution in [2.24, 2.45) is 0 Å². The van der Waals surface area contributed by atoms with E-state index >= 15 is 0 Å². The number of nitrogens with zero attached hydrogens (tertiary/aromatic N) is 2. The van der Waals surface area contributed by atoms with Gasteiger partial charge in [-0.1, -0.05) is 18.2 Å². The number of rotatable bonds is 0. The number of ether oxygens (including phenoxy) is 1. The Labute approximate surface area is 74.9 Å². The van der Waals surface area contributed by atoms with Gasteiger partial charge in [0.1, 0.15) is 6.61 Å². The molecule has 2 rings (SSSR count). The van der Waals surface area contributed by atoms with Crippen LogP contribution >= 0.6 is 0 Å². The molecule has 0 aliphatic carbocycles. The SMILES string of the molecule is [N-]=[N+]=C1C(=N)OCc2ccccc21. The van der Waals surface area contributed by atoms with E-state index in [9.17, 15) is 0 Å². The minimum atomic E-state index is -0.0822. The maximum atomic E-state index is 8.68. The molecule has 0 saturated heterocycles. The average molecular weight is 173 g/mol. The first-order valence-corrected chi connectivity index (χ1v) is 3.85. The van der Waals surface area contributed by atoms with Gasteiger partial charge in [0.25, 0.3) is 5.90 Å². The van der Waals surface area contributed by atoms with Gasteiger partial charge in [-0.25, -0.2) is 0 Å². The van der Waals surface area contributed by atoms with Crippen LogP contribution in [0.1, 0.15) is 11.1 Å². The molecule has 1 aliphatic heterocycles. The lowest BCUT2D eigenvalue weighted by Gasteiger charge is -2.12. The first-order chi connectivity index (χ1) is 6.33. The molecule has 0 bridgehead atoms. The maximum absolute atomic E-state index is 8.68. The zero-order chi connectivity index (χ0) is 9.26. The van der Waals surface area contributed by atoms with E-state index in [0.29, 0.717) is 6.61 Å². The summed E-state index contributed by atoms with van der Waals surface area (Å²) >= 11 is 0. The van der Waals surface area contributed by atoms with Crippen molar-refractivity contribution in [2.45, 2.75) is 6.61 Å². The van der Waals surface area contributed by atoms with Crippen molar-refractivity contribution in [3.05, 3.63) is 40.9 Å². The van der Waals surface area contributed by atoms with E-state index in [1.165, 1.54) is 0 Å². The van der Waals surface area contributed by atoms with Crippen molar-refractivity contribution >= 4 is 11.6 Å². The van der Waals surface area contributed by atoms with E-state index in [1.807, 2.05) is 18.2 Å². The third-order valence-corrected chi connectivity index (χ3v) is 1.96. The molecule has 0 amide bonds. The van der Waals surface area contributed by atoms with Crippen molar-refractivity contribution in [3.8, 4) is 0 Å². The summed E-state index contributed by atoms with van der Waals surface area (Å²) in [4.78, 5) is 3.04. The van der Waals surface area contributed by atoms with Crippen molar-refractivity contribution in [2.75, 3.05) is 0 Å². The van der Waals surface area contributed by atoms with E-state index in [-0.39, 0.29) is 11.6 Å². The largest absolute Gasteiger partial charge is 0.468 e. The lowest BCUT2D eigenvalue weighted by atomic mass is 10.0. The fourth-order valence-corrected chi connectivity index (χ4v) is 1.32. The van der Waals surface area contributed by atoms with Crippen LogP contribution in [-0.4, -0.2) is 16.4 Å². The Bertz CT molecular complexity index is 419. The van der Waals surface area contributed by atoms with Crippen LogP contribution in [0.25, 0.3) is 5.53 Å². The Morgan fingerprint density at radius 1 is 1.38 bits per heavy atom. The Morgan fingerprint density at radius 3 is 2.92 bits per heavy atom. The standard InChI is InChI=1S/C9H7N3O/c10-9-8(12-11)7-4-2-1-3-6(7)5-13-9/h1-4,10H,5H2. The number of nitrogens with one attached hydrogen (secondary N) is 1. The summed E-state index contributed by atoms with van der Waals surface area (Å²) in [7, 11) is 0. The van der Waals surface area contributed by atoms with Gasteiger partial charge in [0, 0.05) is 5.56 Å². The molecule has 1 aliphatic rings. The number of benzene rings is 1. The summed E-state index contributed by atoms with van der Waals surface area (Å²) in [5.41, 5.74) is 10.6. The van der Waals surface area contributed by atoms with Gasteiger partial charge in [0.05, 0.1) is 5.56 Å². The second kappa shape index (κ2) is 2.84. The predicted octanol–water partition coefficient (Wildman–Crippen LogP) is 1.21. The highest BCUT2D eigenvalue weighted by Crippen LogP contribution is 2.16. The molecular formula is C9H7N3O. The van der Waals surface area contributed by atoms with Crippen molar-refractivity contribution in [3.63, 3.8) is 0 Å². The number of hydrogen-bond acceptors (Lipinski definition) is 2. The summed E-state index contributed by atoms with van der Waals surface area (Å²) in [6, 6.07) is 7.41. The molecule has 0 radical (unpaired) electrons. The monoisotopic (exact) mass is 173 g/mol. The van der Waals surface area contributed by atoms with Gasteiger partial charge < -0.3 is 10.3 Å². The molecule has 4 heteroatoms. The Morgan fingerprint density at radius 2 is 2.15 bits per heavy atom. The summed E-state index contributed by atoms with van der Waals surface area (Å²) in [6.45, 7) is 0.369. The Balaban J connectivity index is 2.65. The molecule has 0 saturated carbocycles. The van der Waals surface area contributed by atoms with Crippen molar-refractivity contribution < 1.29 is 9.53 Å². The van der Waals surface area contributed by atoms with E-state index in [0.717, 1.165) is 11.1 Å². The molecular weight excluding hydrogens is 166 g/mol. The fraction of sp³-hybridized carbons (Fsp3) is 0.111. The second-order valence-corrected chi connectivity index (χ2v) is 2.72. The van der Waals surface area contributed by atoms with Crippen molar-refractivity contribution in [1.82, 2.24) is 0 Å². The molecule has 0 spiro atoms. The summed E-state index contributed by atoms with van der Waals surface area (Å²) in [5.74, 6) is -0.0822. The van der Waals surface area contributed by atoms with Crippen LogP contribution in [0.5, 0.6) is 0 Å². The van der Waals surface area contributed by atoms with Gasteiger partial charge >= 0.3 is 5.71 Å². The maximum Gasteiger partial charge on any atom is 0.383 e. The third-order valence-electron chi connectivity index (χ3n) is 1.96. The van der Waals surface area contributed by atoms with Gasteiger partial charge in [0.2, 0.25) is 0 Å². The summed E-state index contributed by atoms with van der Waals surface area (Å²) in [6.07, 6.45) is 0. The molecule has 1 aromatic carbocycles. The number of hydrogen-bond donors (Lipinski definition) is 1. The molecule has 13 heavy (non-hydrogen) atoms. The van der Waals surface area contributed by atoms with Crippen LogP contribution in [0.15, 0.2) is 24.3 Å². The van der Waals surface area contributed by atoms with Crippen molar-refractivity contribution in [1.29, 1.82) is 5.41 Å². The Kier molecular flexibility index (Phi) is 1.69. The van der Waals surface area contributed by atoms with Crippen LogP contribution in [0.2, 0.25) is 0 Å². The van der Waals surface area contributed by atoms with Crippen LogP contribution < -0.4 is 0 Å². The number of fused-ring (bicyclic) bond motifs is 1.